The van der Waals surface area contributed by atoms with Gasteiger partial charge < -0.3 is 10.1 Å². The summed E-state index contributed by atoms with van der Waals surface area (Å²) in [5.74, 6) is -0.181. The fraction of sp³-hybridized carbons (Fsp3) is 0.538. The van der Waals surface area contributed by atoms with Gasteiger partial charge in [-0.3, -0.25) is 0 Å². The van der Waals surface area contributed by atoms with Crippen LogP contribution < -0.4 is 5.32 Å². The molecule has 0 saturated carbocycles. The average Bonchev–Trinajstić information content (AvgIpc) is 2.33. The third-order valence-electron chi connectivity index (χ3n) is 2.95. The minimum Gasteiger partial charge on any atom is -0.375 e. The van der Waals surface area contributed by atoms with Crippen LogP contribution in [0.1, 0.15) is 24.8 Å². The van der Waals surface area contributed by atoms with Crippen molar-refractivity contribution in [3.63, 3.8) is 0 Å². The van der Waals surface area contributed by atoms with Crippen molar-refractivity contribution in [3.8, 4) is 0 Å². The third kappa shape index (κ3) is 3.29. The van der Waals surface area contributed by atoms with E-state index in [9.17, 15) is 4.39 Å². The second kappa shape index (κ2) is 5.97. The zero-order valence-corrected chi connectivity index (χ0v) is 9.42. The summed E-state index contributed by atoms with van der Waals surface area (Å²) in [6.07, 6.45) is 3.68. The molecule has 1 atom stereocenters. The van der Waals surface area contributed by atoms with E-state index in [4.69, 9.17) is 4.74 Å². The Morgan fingerprint density at radius 3 is 2.94 bits per heavy atom. The molecule has 1 aliphatic rings. The van der Waals surface area contributed by atoms with E-state index in [0.29, 0.717) is 24.8 Å². The molecule has 1 saturated heterocycles. The van der Waals surface area contributed by atoms with Gasteiger partial charge in [-0.1, -0.05) is 24.6 Å². The number of hydrogen-bond donors (Lipinski definition) is 1. The highest BCUT2D eigenvalue weighted by atomic mass is 19.1. The number of nitrogens with one attached hydrogen (secondary N) is 1. The first kappa shape index (κ1) is 11.6. The Morgan fingerprint density at radius 1 is 1.31 bits per heavy atom. The van der Waals surface area contributed by atoms with Gasteiger partial charge in [0, 0.05) is 11.6 Å². The molecule has 1 heterocycles. The van der Waals surface area contributed by atoms with Gasteiger partial charge in [-0.05, 0) is 25.5 Å². The van der Waals surface area contributed by atoms with Gasteiger partial charge in [-0.2, -0.15) is 0 Å². The summed E-state index contributed by atoms with van der Waals surface area (Å²) in [4.78, 5) is 0. The van der Waals surface area contributed by atoms with Crippen molar-refractivity contribution in [2.45, 2.75) is 31.9 Å². The van der Waals surface area contributed by atoms with E-state index in [1.807, 2.05) is 6.07 Å². The van der Waals surface area contributed by atoms with Gasteiger partial charge >= 0.3 is 0 Å². The predicted molar refractivity (Wildman–Crippen MR) is 61.7 cm³/mol. The van der Waals surface area contributed by atoms with Gasteiger partial charge in [0.1, 0.15) is 5.82 Å². The molecule has 0 amide bonds. The molecule has 0 aromatic heterocycles. The van der Waals surface area contributed by atoms with Gasteiger partial charge in [-0.15, -0.1) is 0 Å². The van der Waals surface area contributed by atoms with Crippen molar-refractivity contribution in [1.29, 1.82) is 0 Å². The molecule has 1 aromatic carbocycles. The summed E-state index contributed by atoms with van der Waals surface area (Å²) >= 11 is 0. The summed E-state index contributed by atoms with van der Waals surface area (Å²) in [5.41, 5.74) is 0.637. The number of halogens is 1. The Kier molecular flexibility index (Phi) is 4.31. The quantitative estimate of drug-likeness (QED) is 0.846. The second-order valence-corrected chi connectivity index (χ2v) is 4.25. The molecule has 16 heavy (non-hydrogen) atoms. The maximum absolute atomic E-state index is 13.3. The summed E-state index contributed by atoms with van der Waals surface area (Å²) in [7, 11) is 0. The molecule has 0 aliphatic carbocycles. The van der Waals surface area contributed by atoms with E-state index >= 15 is 0 Å². The van der Waals surface area contributed by atoms with Crippen LogP contribution in [-0.4, -0.2) is 19.2 Å². The molecule has 1 aromatic rings. The van der Waals surface area contributed by atoms with Gasteiger partial charge in [-0.25, -0.2) is 4.39 Å². The largest absolute Gasteiger partial charge is 0.375 e. The minimum absolute atomic E-state index is 0.181. The zero-order valence-electron chi connectivity index (χ0n) is 9.42. The summed E-state index contributed by atoms with van der Waals surface area (Å²) in [5, 5.41) is 3.40. The number of benzene rings is 1. The summed E-state index contributed by atoms with van der Waals surface area (Å²) in [6, 6.07) is 7.21. The highest BCUT2D eigenvalue weighted by Gasteiger charge is 2.12. The predicted octanol–water partition coefficient (Wildman–Crippen LogP) is 2.48. The molecule has 0 bridgehead atoms. The van der Waals surface area contributed by atoms with Crippen molar-refractivity contribution >= 4 is 0 Å². The fourth-order valence-corrected chi connectivity index (χ4v) is 1.99. The molecular formula is C13H18FNO. The maximum atomic E-state index is 13.3. The molecule has 2 nitrogen and oxygen atoms in total. The highest BCUT2D eigenvalue weighted by molar-refractivity contribution is 5.16. The smallest absolute Gasteiger partial charge is 0.128 e. The van der Waals surface area contributed by atoms with E-state index in [1.54, 1.807) is 12.1 Å². The van der Waals surface area contributed by atoms with E-state index in [-0.39, 0.29) is 5.82 Å². The lowest BCUT2D eigenvalue weighted by Gasteiger charge is -2.23. The SMILES string of the molecule is Fc1ccccc1COC[C@H]1CCCCN1. The van der Waals surface area contributed by atoms with Crippen molar-refractivity contribution in [2.75, 3.05) is 13.2 Å². The van der Waals surface area contributed by atoms with Crippen LogP contribution in [0.15, 0.2) is 24.3 Å². The Hall–Kier alpha value is -0.930. The average molecular weight is 223 g/mol. The van der Waals surface area contributed by atoms with E-state index in [0.717, 1.165) is 13.0 Å². The first-order chi connectivity index (χ1) is 7.86. The molecule has 1 fully saturated rings. The number of hydrogen-bond acceptors (Lipinski definition) is 2. The van der Waals surface area contributed by atoms with Gasteiger partial charge in [0.2, 0.25) is 0 Å². The fourth-order valence-electron chi connectivity index (χ4n) is 1.99. The monoisotopic (exact) mass is 223 g/mol. The molecule has 88 valence electrons. The lowest BCUT2D eigenvalue weighted by molar-refractivity contribution is 0.0893. The van der Waals surface area contributed by atoms with Crippen LogP contribution in [0.3, 0.4) is 0 Å². The molecule has 2 rings (SSSR count). The van der Waals surface area contributed by atoms with Crippen molar-refractivity contribution in [2.24, 2.45) is 0 Å². The van der Waals surface area contributed by atoms with Crippen molar-refractivity contribution < 1.29 is 9.13 Å². The standard InChI is InChI=1S/C13H18FNO/c14-13-7-2-1-5-11(13)9-16-10-12-6-3-4-8-15-12/h1-2,5,7,12,15H,3-4,6,8-10H2/t12-/m1/s1. The van der Waals surface area contributed by atoms with Gasteiger partial charge in [0.05, 0.1) is 13.2 Å². The van der Waals surface area contributed by atoms with E-state index in [2.05, 4.69) is 5.32 Å². The van der Waals surface area contributed by atoms with Crippen molar-refractivity contribution in [1.82, 2.24) is 5.32 Å². The van der Waals surface area contributed by atoms with Crippen LogP contribution in [0.5, 0.6) is 0 Å². The molecular weight excluding hydrogens is 205 g/mol. The first-order valence-corrected chi connectivity index (χ1v) is 5.91. The molecule has 1 N–H and O–H groups in total. The number of rotatable bonds is 4. The van der Waals surface area contributed by atoms with E-state index < -0.39 is 0 Å². The Balaban J connectivity index is 1.73. The second-order valence-electron chi connectivity index (χ2n) is 4.25. The molecule has 0 radical (unpaired) electrons. The molecule has 0 spiro atoms. The number of piperidine rings is 1. The number of ether oxygens (including phenoxy) is 1. The van der Waals surface area contributed by atoms with Crippen LogP contribution >= 0.6 is 0 Å². The molecule has 0 unspecified atom stereocenters. The minimum atomic E-state index is -0.181. The molecule has 3 heteroatoms. The summed E-state index contributed by atoms with van der Waals surface area (Å²) in [6.45, 7) is 2.12. The van der Waals surface area contributed by atoms with Crippen LogP contribution in [0.25, 0.3) is 0 Å². The Labute approximate surface area is 95.8 Å². The first-order valence-electron chi connectivity index (χ1n) is 5.91. The molecule has 1 aliphatic heterocycles. The van der Waals surface area contributed by atoms with Crippen LogP contribution in [0, 0.1) is 5.82 Å². The third-order valence-corrected chi connectivity index (χ3v) is 2.95. The van der Waals surface area contributed by atoms with Crippen LogP contribution in [-0.2, 0) is 11.3 Å². The van der Waals surface area contributed by atoms with Crippen molar-refractivity contribution in [3.05, 3.63) is 35.6 Å². The zero-order chi connectivity index (χ0) is 11.2. The summed E-state index contributed by atoms with van der Waals surface area (Å²) < 4.78 is 18.8. The van der Waals surface area contributed by atoms with Gasteiger partial charge in [0.25, 0.3) is 0 Å². The lowest BCUT2D eigenvalue weighted by Crippen LogP contribution is -2.37. The van der Waals surface area contributed by atoms with Gasteiger partial charge in [0.15, 0.2) is 0 Å². The lowest BCUT2D eigenvalue weighted by atomic mass is 10.1. The Bertz CT molecular complexity index is 323. The Morgan fingerprint density at radius 2 is 2.19 bits per heavy atom. The maximum Gasteiger partial charge on any atom is 0.128 e. The topological polar surface area (TPSA) is 21.3 Å². The van der Waals surface area contributed by atoms with E-state index in [1.165, 1.54) is 18.9 Å². The highest BCUT2D eigenvalue weighted by Crippen LogP contribution is 2.10. The normalized spacial score (nSPS) is 20.9. The van der Waals surface area contributed by atoms with Crippen LogP contribution in [0.4, 0.5) is 4.39 Å². The van der Waals surface area contributed by atoms with Crippen LogP contribution in [0.2, 0.25) is 0 Å².